The molecule has 0 heterocycles. The van der Waals surface area contributed by atoms with Crippen LogP contribution in [0, 0.1) is 23.2 Å². The van der Waals surface area contributed by atoms with Crippen molar-refractivity contribution in [2.45, 2.75) is 33.6 Å². The molecule has 2 heteroatoms. The molecular weight excluding hydrogens is 162 g/mol. The standard InChI is InChI=1S/C11H19NO/c1-7-4-8(7)6-12-10(13)9-5-11(9,2)3/h7-9H,4-6H2,1-3H3,(H,12,13). The van der Waals surface area contributed by atoms with Crippen LogP contribution in [0.25, 0.3) is 0 Å². The van der Waals surface area contributed by atoms with Crippen LogP contribution in [0.4, 0.5) is 0 Å². The van der Waals surface area contributed by atoms with Crippen molar-refractivity contribution in [3.8, 4) is 0 Å². The lowest BCUT2D eigenvalue weighted by Crippen LogP contribution is -2.28. The molecule has 0 saturated heterocycles. The van der Waals surface area contributed by atoms with E-state index < -0.39 is 0 Å². The molecule has 2 saturated carbocycles. The van der Waals surface area contributed by atoms with Crippen LogP contribution in [0.5, 0.6) is 0 Å². The number of hydrogen-bond acceptors (Lipinski definition) is 1. The fourth-order valence-corrected chi connectivity index (χ4v) is 1.95. The summed E-state index contributed by atoms with van der Waals surface area (Å²) in [6.07, 6.45) is 2.37. The highest BCUT2D eigenvalue weighted by atomic mass is 16.2. The molecule has 0 spiro atoms. The van der Waals surface area contributed by atoms with Gasteiger partial charge in [-0.2, -0.15) is 0 Å². The van der Waals surface area contributed by atoms with Gasteiger partial charge in [0, 0.05) is 12.5 Å². The molecule has 0 aliphatic heterocycles. The Balaban J connectivity index is 1.68. The van der Waals surface area contributed by atoms with E-state index in [2.05, 4.69) is 26.1 Å². The predicted octanol–water partition coefficient (Wildman–Crippen LogP) is 1.80. The second-order valence-electron chi connectivity index (χ2n) is 5.46. The second kappa shape index (κ2) is 2.73. The Bertz CT molecular complexity index is 234. The van der Waals surface area contributed by atoms with Gasteiger partial charge in [-0.25, -0.2) is 0 Å². The van der Waals surface area contributed by atoms with Crippen molar-refractivity contribution in [1.29, 1.82) is 0 Å². The molecule has 3 unspecified atom stereocenters. The summed E-state index contributed by atoms with van der Waals surface area (Å²) in [5.41, 5.74) is 0.277. The lowest BCUT2D eigenvalue weighted by atomic mass is 10.1. The summed E-state index contributed by atoms with van der Waals surface area (Å²) >= 11 is 0. The zero-order valence-corrected chi connectivity index (χ0v) is 8.76. The summed E-state index contributed by atoms with van der Waals surface area (Å²) in [5, 5.41) is 3.05. The van der Waals surface area contributed by atoms with Gasteiger partial charge >= 0.3 is 0 Å². The molecule has 0 bridgehead atoms. The zero-order chi connectivity index (χ0) is 9.64. The first-order valence-corrected chi connectivity index (χ1v) is 5.28. The van der Waals surface area contributed by atoms with E-state index in [0.29, 0.717) is 5.92 Å². The summed E-state index contributed by atoms with van der Waals surface area (Å²) < 4.78 is 0. The van der Waals surface area contributed by atoms with Gasteiger partial charge in [-0.05, 0) is 30.1 Å². The van der Waals surface area contributed by atoms with E-state index in [0.717, 1.165) is 24.8 Å². The predicted molar refractivity (Wildman–Crippen MR) is 52.2 cm³/mol. The van der Waals surface area contributed by atoms with Crippen LogP contribution in [0.15, 0.2) is 0 Å². The third-order valence-electron chi connectivity index (χ3n) is 3.64. The summed E-state index contributed by atoms with van der Waals surface area (Å²) in [6.45, 7) is 7.48. The van der Waals surface area contributed by atoms with Crippen molar-refractivity contribution in [2.24, 2.45) is 23.2 Å². The second-order valence-corrected chi connectivity index (χ2v) is 5.46. The lowest BCUT2D eigenvalue weighted by molar-refractivity contribution is -0.123. The maximum Gasteiger partial charge on any atom is 0.223 e. The topological polar surface area (TPSA) is 29.1 Å². The van der Waals surface area contributed by atoms with Crippen LogP contribution in [0.2, 0.25) is 0 Å². The van der Waals surface area contributed by atoms with Crippen molar-refractivity contribution in [3.05, 3.63) is 0 Å². The van der Waals surface area contributed by atoms with Gasteiger partial charge in [0.15, 0.2) is 0 Å². The van der Waals surface area contributed by atoms with Crippen LogP contribution >= 0.6 is 0 Å². The molecule has 2 fully saturated rings. The van der Waals surface area contributed by atoms with Gasteiger partial charge in [-0.3, -0.25) is 4.79 Å². The van der Waals surface area contributed by atoms with Crippen LogP contribution < -0.4 is 5.32 Å². The van der Waals surface area contributed by atoms with Crippen LogP contribution in [-0.2, 0) is 4.79 Å². The largest absolute Gasteiger partial charge is 0.356 e. The maximum atomic E-state index is 11.5. The van der Waals surface area contributed by atoms with Gasteiger partial charge in [0.25, 0.3) is 0 Å². The summed E-state index contributed by atoms with van der Waals surface area (Å²) in [4.78, 5) is 11.5. The Morgan fingerprint density at radius 3 is 2.46 bits per heavy atom. The van der Waals surface area contributed by atoms with Crippen LogP contribution in [0.1, 0.15) is 33.6 Å². The van der Waals surface area contributed by atoms with Crippen molar-refractivity contribution in [2.75, 3.05) is 6.54 Å². The lowest BCUT2D eigenvalue weighted by Gasteiger charge is -2.05. The molecule has 74 valence electrons. The maximum absolute atomic E-state index is 11.5. The monoisotopic (exact) mass is 181 g/mol. The zero-order valence-electron chi connectivity index (χ0n) is 8.76. The first-order valence-electron chi connectivity index (χ1n) is 5.28. The Morgan fingerprint density at radius 1 is 1.54 bits per heavy atom. The molecule has 3 atom stereocenters. The molecule has 2 aliphatic rings. The van der Waals surface area contributed by atoms with Gasteiger partial charge in [-0.1, -0.05) is 20.8 Å². The van der Waals surface area contributed by atoms with E-state index in [1.807, 2.05) is 0 Å². The smallest absolute Gasteiger partial charge is 0.223 e. The number of hydrogen-bond donors (Lipinski definition) is 1. The first-order chi connectivity index (χ1) is 6.00. The number of rotatable bonds is 3. The molecule has 2 aliphatic carbocycles. The highest BCUT2D eigenvalue weighted by molar-refractivity contribution is 5.82. The van der Waals surface area contributed by atoms with Crippen LogP contribution in [-0.4, -0.2) is 12.5 Å². The molecule has 2 nitrogen and oxygen atoms in total. The van der Waals surface area contributed by atoms with E-state index in [4.69, 9.17) is 0 Å². The van der Waals surface area contributed by atoms with Gasteiger partial charge < -0.3 is 5.32 Å². The molecule has 0 aromatic rings. The van der Waals surface area contributed by atoms with E-state index in [1.165, 1.54) is 6.42 Å². The normalized spacial score (nSPS) is 39.8. The van der Waals surface area contributed by atoms with E-state index in [-0.39, 0.29) is 11.3 Å². The van der Waals surface area contributed by atoms with Crippen molar-refractivity contribution < 1.29 is 4.79 Å². The Hall–Kier alpha value is -0.530. The Kier molecular flexibility index (Phi) is 1.90. The quantitative estimate of drug-likeness (QED) is 0.706. The molecular formula is C11H19NO. The number of nitrogens with one attached hydrogen (secondary N) is 1. The minimum Gasteiger partial charge on any atom is -0.356 e. The van der Waals surface area contributed by atoms with Crippen molar-refractivity contribution in [1.82, 2.24) is 5.32 Å². The van der Waals surface area contributed by atoms with Crippen molar-refractivity contribution >= 4 is 5.91 Å². The minimum atomic E-state index is 0.277. The molecule has 0 radical (unpaired) electrons. The minimum absolute atomic E-state index is 0.277. The molecule has 2 rings (SSSR count). The molecule has 1 N–H and O–H groups in total. The molecule has 0 aromatic heterocycles. The van der Waals surface area contributed by atoms with Gasteiger partial charge in [-0.15, -0.1) is 0 Å². The first kappa shape index (κ1) is 9.04. The highest BCUT2D eigenvalue weighted by Gasteiger charge is 2.50. The number of amides is 1. The highest BCUT2D eigenvalue weighted by Crippen LogP contribution is 2.51. The summed E-state index contributed by atoms with van der Waals surface area (Å²) in [5.74, 6) is 2.18. The van der Waals surface area contributed by atoms with Crippen LogP contribution in [0.3, 0.4) is 0 Å². The van der Waals surface area contributed by atoms with Gasteiger partial charge in [0.2, 0.25) is 5.91 Å². The number of carbonyl (C=O) groups excluding carboxylic acids is 1. The Labute approximate surface area is 80.1 Å². The van der Waals surface area contributed by atoms with E-state index in [9.17, 15) is 4.79 Å². The molecule has 0 aromatic carbocycles. The Morgan fingerprint density at radius 2 is 2.08 bits per heavy atom. The fourth-order valence-electron chi connectivity index (χ4n) is 1.95. The van der Waals surface area contributed by atoms with Gasteiger partial charge in [0.1, 0.15) is 0 Å². The fraction of sp³-hybridized carbons (Fsp3) is 0.909. The third kappa shape index (κ3) is 1.87. The third-order valence-corrected chi connectivity index (χ3v) is 3.64. The average molecular weight is 181 g/mol. The van der Waals surface area contributed by atoms with E-state index >= 15 is 0 Å². The molecule has 13 heavy (non-hydrogen) atoms. The van der Waals surface area contributed by atoms with E-state index in [1.54, 1.807) is 0 Å². The van der Waals surface area contributed by atoms with Crippen molar-refractivity contribution in [3.63, 3.8) is 0 Å². The average Bonchev–Trinajstić information content (AvgIpc) is 2.87. The SMILES string of the molecule is CC1CC1CNC(=O)C1CC1(C)C. The molecule has 1 amide bonds. The summed E-state index contributed by atoms with van der Waals surface area (Å²) in [7, 11) is 0. The van der Waals surface area contributed by atoms with Gasteiger partial charge in [0.05, 0.1) is 0 Å². The number of carbonyl (C=O) groups is 1. The summed E-state index contributed by atoms with van der Waals surface area (Å²) in [6, 6.07) is 0.